The van der Waals surface area contributed by atoms with Gasteiger partial charge in [-0.05, 0) is 53.6 Å². The minimum Gasteiger partial charge on any atom is -0.493 e. The standard InChI is InChI=1S/C28H38N2O5/c1-28(2,3)21-11-13-23(14-12-21)34-19-27(32)30(22-8-6-5-7-9-22)17-20-10-15-24(25(16-20)33-4)35-18-26(29)31/h10-16,22H,5-9,17-19H2,1-4H3,(H2,29,31). The van der Waals surface area contributed by atoms with Crippen LogP contribution in [0.1, 0.15) is 64.0 Å². The molecule has 0 radical (unpaired) electrons. The zero-order valence-electron chi connectivity index (χ0n) is 21.3. The maximum absolute atomic E-state index is 13.3. The third kappa shape index (κ3) is 7.64. The molecule has 1 aliphatic rings. The number of amides is 2. The van der Waals surface area contributed by atoms with Crippen LogP contribution in [0.4, 0.5) is 0 Å². The highest BCUT2D eigenvalue weighted by Gasteiger charge is 2.26. The van der Waals surface area contributed by atoms with Crippen LogP contribution in [0.25, 0.3) is 0 Å². The number of carbonyl (C=O) groups is 2. The number of nitrogens with zero attached hydrogens (tertiary/aromatic N) is 1. The monoisotopic (exact) mass is 482 g/mol. The van der Waals surface area contributed by atoms with Crippen LogP contribution in [0.15, 0.2) is 42.5 Å². The molecule has 0 saturated heterocycles. The van der Waals surface area contributed by atoms with Gasteiger partial charge in [-0.2, -0.15) is 0 Å². The van der Waals surface area contributed by atoms with Crippen LogP contribution in [0.5, 0.6) is 17.2 Å². The SMILES string of the molecule is COc1cc(CN(C(=O)COc2ccc(C(C)(C)C)cc2)C2CCCCC2)ccc1OCC(N)=O. The molecule has 2 aromatic carbocycles. The van der Waals surface area contributed by atoms with E-state index < -0.39 is 5.91 Å². The topological polar surface area (TPSA) is 91.1 Å². The lowest BCUT2D eigenvalue weighted by molar-refractivity contribution is -0.137. The fourth-order valence-corrected chi connectivity index (χ4v) is 4.37. The zero-order valence-corrected chi connectivity index (χ0v) is 21.3. The Labute approximate surface area is 208 Å². The number of hydrogen-bond donors (Lipinski definition) is 1. The number of carbonyl (C=O) groups excluding carboxylic acids is 2. The molecule has 1 fully saturated rings. The summed E-state index contributed by atoms with van der Waals surface area (Å²) in [6.07, 6.45) is 5.42. The van der Waals surface area contributed by atoms with Gasteiger partial charge >= 0.3 is 0 Å². The van der Waals surface area contributed by atoms with Gasteiger partial charge in [-0.3, -0.25) is 9.59 Å². The van der Waals surface area contributed by atoms with Gasteiger partial charge < -0.3 is 24.8 Å². The molecule has 0 atom stereocenters. The summed E-state index contributed by atoms with van der Waals surface area (Å²) in [6.45, 7) is 6.71. The second-order valence-electron chi connectivity index (χ2n) is 10.1. The van der Waals surface area contributed by atoms with E-state index in [0.717, 1.165) is 31.2 Å². The van der Waals surface area contributed by atoms with E-state index >= 15 is 0 Å². The van der Waals surface area contributed by atoms with Gasteiger partial charge in [0.2, 0.25) is 0 Å². The Hall–Kier alpha value is -3.22. The number of rotatable bonds is 10. The largest absolute Gasteiger partial charge is 0.493 e. The van der Waals surface area contributed by atoms with Crippen molar-refractivity contribution >= 4 is 11.8 Å². The highest BCUT2D eigenvalue weighted by Crippen LogP contribution is 2.30. The first-order valence-corrected chi connectivity index (χ1v) is 12.3. The summed E-state index contributed by atoms with van der Waals surface area (Å²) < 4.78 is 16.8. The van der Waals surface area contributed by atoms with Crippen molar-refractivity contribution < 1.29 is 23.8 Å². The van der Waals surface area contributed by atoms with Crippen LogP contribution in [0.2, 0.25) is 0 Å². The molecule has 2 aromatic rings. The van der Waals surface area contributed by atoms with Gasteiger partial charge in [0.1, 0.15) is 5.75 Å². The van der Waals surface area contributed by atoms with Gasteiger partial charge in [-0.25, -0.2) is 0 Å². The molecule has 1 aliphatic carbocycles. The summed E-state index contributed by atoms with van der Waals surface area (Å²) >= 11 is 0. The predicted molar refractivity (Wildman–Crippen MR) is 136 cm³/mol. The van der Waals surface area contributed by atoms with Crippen molar-refractivity contribution in [3.05, 3.63) is 53.6 Å². The maximum atomic E-state index is 13.3. The van der Waals surface area contributed by atoms with E-state index in [9.17, 15) is 9.59 Å². The van der Waals surface area contributed by atoms with E-state index in [1.54, 1.807) is 13.2 Å². The molecule has 0 aliphatic heterocycles. The molecule has 0 bridgehead atoms. The van der Waals surface area contributed by atoms with Crippen LogP contribution >= 0.6 is 0 Å². The number of ether oxygens (including phenoxy) is 3. The first-order chi connectivity index (χ1) is 16.7. The predicted octanol–water partition coefficient (Wildman–Crippen LogP) is 4.60. The van der Waals surface area contributed by atoms with Gasteiger partial charge in [0, 0.05) is 12.6 Å². The fourth-order valence-electron chi connectivity index (χ4n) is 4.37. The van der Waals surface area contributed by atoms with Crippen LogP contribution in [0, 0.1) is 0 Å². The number of nitrogens with two attached hydrogens (primary N) is 1. The van der Waals surface area contributed by atoms with Crippen molar-refractivity contribution in [2.45, 2.75) is 70.9 Å². The molecule has 1 saturated carbocycles. The lowest BCUT2D eigenvalue weighted by Gasteiger charge is -2.34. The smallest absolute Gasteiger partial charge is 0.261 e. The summed E-state index contributed by atoms with van der Waals surface area (Å²) in [7, 11) is 1.54. The lowest BCUT2D eigenvalue weighted by Crippen LogP contribution is -2.43. The summed E-state index contributed by atoms with van der Waals surface area (Å²) in [6, 6.07) is 13.6. The Kier molecular flexibility index (Phi) is 9.01. The van der Waals surface area contributed by atoms with E-state index in [2.05, 4.69) is 20.8 Å². The molecule has 3 rings (SSSR count). The molecule has 0 unspecified atom stereocenters. The Morgan fingerprint density at radius 2 is 1.63 bits per heavy atom. The summed E-state index contributed by atoms with van der Waals surface area (Å²) in [5.74, 6) is 1.03. The van der Waals surface area contributed by atoms with E-state index in [4.69, 9.17) is 19.9 Å². The molecule has 0 spiro atoms. The average molecular weight is 483 g/mol. The lowest BCUT2D eigenvalue weighted by atomic mass is 9.87. The van der Waals surface area contributed by atoms with Gasteiger partial charge in [-0.1, -0.05) is 58.2 Å². The Morgan fingerprint density at radius 3 is 2.23 bits per heavy atom. The molecule has 2 N–H and O–H groups in total. The van der Waals surface area contributed by atoms with Crippen LogP contribution < -0.4 is 19.9 Å². The van der Waals surface area contributed by atoms with Crippen molar-refractivity contribution in [3.63, 3.8) is 0 Å². The zero-order chi connectivity index (χ0) is 25.4. The fraction of sp³-hybridized carbons (Fsp3) is 0.500. The Bertz CT molecular complexity index is 991. The Morgan fingerprint density at radius 1 is 0.943 bits per heavy atom. The normalized spacial score (nSPS) is 14.3. The van der Waals surface area contributed by atoms with Gasteiger partial charge in [0.15, 0.2) is 24.7 Å². The molecule has 0 heterocycles. The molecule has 7 nitrogen and oxygen atoms in total. The van der Waals surface area contributed by atoms with E-state index in [-0.39, 0.29) is 30.6 Å². The van der Waals surface area contributed by atoms with E-state index in [0.29, 0.717) is 23.8 Å². The number of methoxy groups -OCH3 is 1. The highest BCUT2D eigenvalue weighted by molar-refractivity contribution is 5.78. The molecular weight excluding hydrogens is 444 g/mol. The number of benzene rings is 2. The number of hydrogen-bond acceptors (Lipinski definition) is 5. The molecule has 0 aromatic heterocycles. The van der Waals surface area contributed by atoms with Crippen molar-refractivity contribution in [2.75, 3.05) is 20.3 Å². The maximum Gasteiger partial charge on any atom is 0.261 e. The number of primary amides is 1. The van der Waals surface area contributed by atoms with Crippen molar-refractivity contribution in [2.24, 2.45) is 5.73 Å². The quantitative estimate of drug-likeness (QED) is 0.535. The Balaban J connectivity index is 1.71. The summed E-state index contributed by atoms with van der Waals surface area (Å²) in [5.41, 5.74) is 7.38. The molecule has 2 amide bonds. The third-order valence-electron chi connectivity index (χ3n) is 6.37. The van der Waals surface area contributed by atoms with Crippen LogP contribution in [-0.2, 0) is 21.5 Å². The minimum atomic E-state index is -0.557. The van der Waals surface area contributed by atoms with E-state index in [1.165, 1.54) is 12.0 Å². The summed E-state index contributed by atoms with van der Waals surface area (Å²) in [4.78, 5) is 26.3. The third-order valence-corrected chi connectivity index (χ3v) is 6.37. The second kappa shape index (κ2) is 12.0. The summed E-state index contributed by atoms with van der Waals surface area (Å²) in [5, 5.41) is 0. The van der Waals surface area contributed by atoms with Gasteiger partial charge in [-0.15, -0.1) is 0 Å². The van der Waals surface area contributed by atoms with Crippen molar-refractivity contribution in [1.82, 2.24) is 4.90 Å². The van der Waals surface area contributed by atoms with Crippen LogP contribution in [-0.4, -0.2) is 43.1 Å². The molecule has 190 valence electrons. The van der Waals surface area contributed by atoms with Gasteiger partial charge in [0.25, 0.3) is 11.8 Å². The highest BCUT2D eigenvalue weighted by atomic mass is 16.5. The molecule has 35 heavy (non-hydrogen) atoms. The van der Waals surface area contributed by atoms with Crippen molar-refractivity contribution in [1.29, 1.82) is 0 Å². The first-order valence-electron chi connectivity index (χ1n) is 12.3. The second-order valence-corrected chi connectivity index (χ2v) is 10.1. The first kappa shape index (κ1) is 26.4. The minimum absolute atomic E-state index is 0.0116. The van der Waals surface area contributed by atoms with Crippen molar-refractivity contribution in [3.8, 4) is 17.2 Å². The van der Waals surface area contributed by atoms with Gasteiger partial charge in [0.05, 0.1) is 7.11 Å². The molecule has 7 heteroatoms. The average Bonchev–Trinajstić information content (AvgIpc) is 2.85. The molecular formula is C28H38N2O5. The van der Waals surface area contributed by atoms with E-state index in [1.807, 2.05) is 41.3 Å². The van der Waals surface area contributed by atoms with Crippen LogP contribution in [0.3, 0.4) is 0 Å².